The molecular weight excluding hydrogens is 792 g/mol. The summed E-state index contributed by atoms with van der Waals surface area (Å²) in [6, 6.07) is 0. The Kier molecular flexibility index (Phi) is 31.4. The van der Waals surface area contributed by atoms with E-state index in [4.69, 9.17) is 28.4 Å². The summed E-state index contributed by atoms with van der Waals surface area (Å²) >= 11 is 0. The van der Waals surface area contributed by atoms with Gasteiger partial charge in [0.2, 0.25) is 0 Å². The van der Waals surface area contributed by atoms with Crippen LogP contribution in [-0.2, 0) is 38.0 Å². The van der Waals surface area contributed by atoms with Crippen molar-refractivity contribution < 1.29 is 73.8 Å². The number of rotatable bonds is 36. The maximum atomic E-state index is 12.9. The maximum Gasteiger partial charge on any atom is 0.306 e. The molecule has 0 spiro atoms. The zero-order valence-corrected chi connectivity index (χ0v) is 37.4. The van der Waals surface area contributed by atoms with Crippen LogP contribution in [-0.4, -0.2) is 142 Å². The monoisotopic (exact) mass is 877 g/mol. The Morgan fingerprint density at radius 3 is 1.46 bits per heavy atom. The Balaban J connectivity index is 1.85. The third-order valence-corrected chi connectivity index (χ3v) is 11.5. The molecule has 0 aromatic carbocycles. The number of carbonyl (C=O) groups excluding carboxylic acids is 2. The quantitative estimate of drug-likeness (QED) is 0.0236. The first-order valence-corrected chi connectivity index (χ1v) is 23.8. The van der Waals surface area contributed by atoms with Crippen molar-refractivity contribution in [3.05, 3.63) is 12.2 Å². The minimum absolute atomic E-state index is 0.149. The van der Waals surface area contributed by atoms with Gasteiger partial charge in [0.05, 0.1) is 19.8 Å². The van der Waals surface area contributed by atoms with Gasteiger partial charge in [-0.05, 0) is 38.5 Å². The molecule has 11 atom stereocenters. The van der Waals surface area contributed by atoms with Gasteiger partial charge in [-0.25, -0.2) is 0 Å². The second-order valence-corrected chi connectivity index (χ2v) is 16.9. The van der Waals surface area contributed by atoms with Gasteiger partial charge in [0.1, 0.15) is 55.4 Å². The number of ether oxygens (including phenoxy) is 6. The summed E-state index contributed by atoms with van der Waals surface area (Å²) in [4.78, 5) is 25.6. The zero-order chi connectivity index (χ0) is 44.7. The van der Waals surface area contributed by atoms with Gasteiger partial charge in [0, 0.05) is 12.8 Å². The lowest BCUT2D eigenvalue weighted by atomic mass is 9.98. The molecule has 2 aliphatic heterocycles. The third-order valence-electron chi connectivity index (χ3n) is 11.5. The molecule has 15 heteroatoms. The first-order chi connectivity index (χ1) is 29.5. The Hall–Kier alpha value is -1.76. The predicted molar refractivity (Wildman–Crippen MR) is 229 cm³/mol. The van der Waals surface area contributed by atoms with E-state index in [1.54, 1.807) is 0 Å². The lowest BCUT2D eigenvalue weighted by molar-refractivity contribution is -0.332. The average molecular weight is 877 g/mol. The van der Waals surface area contributed by atoms with Crippen LogP contribution in [0.1, 0.15) is 174 Å². The number of unbranched alkanes of at least 4 members (excludes halogenated alkanes) is 20. The minimum Gasteiger partial charge on any atom is -0.462 e. The summed E-state index contributed by atoms with van der Waals surface area (Å²) in [5.41, 5.74) is 0. The smallest absolute Gasteiger partial charge is 0.306 e. The van der Waals surface area contributed by atoms with Gasteiger partial charge in [-0.1, -0.05) is 135 Å². The van der Waals surface area contributed by atoms with Crippen molar-refractivity contribution in [3.63, 3.8) is 0 Å². The molecule has 0 radical (unpaired) electrons. The van der Waals surface area contributed by atoms with Crippen LogP contribution < -0.4 is 0 Å². The van der Waals surface area contributed by atoms with Crippen LogP contribution in [0.2, 0.25) is 0 Å². The average Bonchev–Trinajstić information content (AvgIpc) is 3.25. The summed E-state index contributed by atoms with van der Waals surface area (Å²) in [6.07, 6.45) is 14.0. The van der Waals surface area contributed by atoms with Crippen LogP contribution in [0, 0.1) is 0 Å². The highest BCUT2D eigenvalue weighted by Crippen LogP contribution is 2.26. The Morgan fingerprint density at radius 1 is 0.508 bits per heavy atom. The molecule has 2 rings (SSSR count). The van der Waals surface area contributed by atoms with Gasteiger partial charge in [0.25, 0.3) is 0 Å². The third kappa shape index (κ3) is 23.7. The Morgan fingerprint density at radius 2 is 0.934 bits per heavy atom. The number of aliphatic hydroxyl groups excluding tert-OH is 7. The predicted octanol–water partition coefficient (Wildman–Crippen LogP) is 5.43. The van der Waals surface area contributed by atoms with E-state index in [0.29, 0.717) is 12.8 Å². The standard InChI is InChI=1S/C46H84O15/c1-3-5-7-9-11-13-15-16-17-18-19-21-23-25-27-29-38(49)59-34(31-56-37(48)28-26-24-22-20-14-12-10-8-6-4-2)32-57-45-44(55)42(53)40(51)36(61-45)33-58-46-43(54)41(52)39(50)35(30-47)60-46/h18-19,34-36,39-47,50-55H,3-17,20-33H2,1-2H3/b19-18+/t34-,35-,36-,39+,40+,41?,42?,43?,44?,45-,46-/m1/s1. The Bertz CT molecular complexity index is 1120. The summed E-state index contributed by atoms with van der Waals surface area (Å²) in [5.74, 6) is -0.940. The molecule has 0 aromatic heterocycles. The van der Waals surface area contributed by atoms with Gasteiger partial charge in [-0.3, -0.25) is 9.59 Å². The molecule has 0 aromatic rings. The number of aliphatic hydroxyl groups is 7. The van der Waals surface area contributed by atoms with E-state index >= 15 is 0 Å². The number of allylic oxidation sites excluding steroid dienone is 2. The van der Waals surface area contributed by atoms with Crippen LogP contribution in [0.3, 0.4) is 0 Å². The molecule has 358 valence electrons. The van der Waals surface area contributed by atoms with Crippen LogP contribution in [0.4, 0.5) is 0 Å². The van der Waals surface area contributed by atoms with Crippen LogP contribution >= 0.6 is 0 Å². The van der Waals surface area contributed by atoms with Gasteiger partial charge in [-0.15, -0.1) is 0 Å². The number of hydrogen-bond acceptors (Lipinski definition) is 15. The minimum atomic E-state index is -1.76. The van der Waals surface area contributed by atoms with Gasteiger partial charge < -0.3 is 64.2 Å². The fraction of sp³-hybridized carbons (Fsp3) is 0.913. The fourth-order valence-electron chi connectivity index (χ4n) is 7.50. The fourth-order valence-corrected chi connectivity index (χ4v) is 7.50. The highest BCUT2D eigenvalue weighted by atomic mass is 16.7. The molecule has 4 unspecified atom stereocenters. The zero-order valence-electron chi connectivity index (χ0n) is 37.4. The summed E-state index contributed by atoms with van der Waals surface area (Å²) < 4.78 is 33.4. The van der Waals surface area contributed by atoms with Crippen LogP contribution in [0.25, 0.3) is 0 Å². The molecule has 0 amide bonds. The van der Waals surface area contributed by atoms with Crippen molar-refractivity contribution in [2.24, 2.45) is 0 Å². The molecule has 0 aliphatic carbocycles. The van der Waals surface area contributed by atoms with E-state index < -0.39 is 92.7 Å². The van der Waals surface area contributed by atoms with Gasteiger partial charge in [0.15, 0.2) is 18.7 Å². The van der Waals surface area contributed by atoms with Crippen molar-refractivity contribution in [2.45, 2.75) is 242 Å². The normalized spacial score (nSPS) is 27.4. The molecule has 0 saturated carbocycles. The first kappa shape index (κ1) is 55.4. The number of esters is 2. The van der Waals surface area contributed by atoms with Gasteiger partial charge in [-0.2, -0.15) is 0 Å². The van der Waals surface area contributed by atoms with Crippen molar-refractivity contribution >= 4 is 11.9 Å². The molecule has 0 bridgehead atoms. The molecule has 61 heavy (non-hydrogen) atoms. The summed E-state index contributed by atoms with van der Waals surface area (Å²) in [5, 5.41) is 71.8. The van der Waals surface area contributed by atoms with Crippen molar-refractivity contribution in [2.75, 3.05) is 26.4 Å². The maximum absolute atomic E-state index is 12.9. The van der Waals surface area contributed by atoms with Gasteiger partial charge >= 0.3 is 11.9 Å². The molecule has 7 N–H and O–H groups in total. The first-order valence-electron chi connectivity index (χ1n) is 23.8. The highest BCUT2D eigenvalue weighted by Gasteiger charge is 2.47. The van der Waals surface area contributed by atoms with E-state index in [9.17, 15) is 45.3 Å². The van der Waals surface area contributed by atoms with Crippen molar-refractivity contribution in [1.29, 1.82) is 0 Å². The number of carbonyl (C=O) groups is 2. The molecular formula is C46H84O15. The molecule has 2 saturated heterocycles. The van der Waals surface area contributed by atoms with Crippen LogP contribution in [0.5, 0.6) is 0 Å². The SMILES string of the molecule is CCCCCCCCCC/C=C/CCCCCC(=O)O[C@H](COC(=O)CCCCCCCCCCCC)CO[C@@H]1O[C@H](CO[C@@H]2O[C@H](CO)[C@H](O)C(O)C2O)[C@H](O)C(O)C1O. The van der Waals surface area contributed by atoms with Crippen molar-refractivity contribution in [3.8, 4) is 0 Å². The highest BCUT2D eigenvalue weighted by molar-refractivity contribution is 5.70. The Labute approximate surface area is 365 Å². The van der Waals surface area contributed by atoms with E-state index in [1.807, 2.05) is 0 Å². The second-order valence-electron chi connectivity index (χ2n) is 16.9. The van der Waals surface area contributed by atoms with E-state index in [-0.39, 0.29) is 26.1 Å². The topological polar surface area (TPSA) is 231 Å². The van der Waals surface area contributed by atoms with E-state index in [2.05, 4.69) is 26.0 Å². The number of hydrogen-bond donors (Lipinski definition) is 7. The summed E-state index contributed by atoms with van der Waals surface area (Å²) in [6.45, 7) is 2.55. The second kappa shape index (κ2) is 34.6. The lowest BCUT2D eigenvalue weighted by Crippen LogP contribution is -2.61. The molecule has 2 fully saturated rings. The van der Waals surface area contributed by atoms with E-state index in [0.717, 1.165) is 44.9 Å². The summed E-state index contributed by atoms with van der Waals surface area (Å²) in [7, 11) is 0. The van der Waals surface area contributed by atoms with Crippen molar-refractivity contribution in [1.82, 2.24) is 0 Å². The molecule has 2 heterocycles. The van der Waals surface area contributed by atoms with Crippen LogP contribution in [0.15, 0.2) is 12.2 Å². The largest absolute Gasteiger partial charge is 0.462 e. The lowest BCUT2D eigenvalue weighted by Gasteiger charge is -2.42. The molecule has 2 aliphatic rings. The van der Waals surface area contributed by atoms with E-state index in [1.165, 1.54) is 89.9 Å². The molecule has 15 nitrogen and oxygen atoms in total.